The Hall–Kier alpha value is -0.340. The Morgan fingerprint density at radius 2 is 1.93 bits per heavy atom. The minimum atomic E-state index is 0.709. The number of thiocarbonyl (C=S) groups is 1. The van der Waals surface area contributed by atoms with Crippen molar-refractivity contribution >= 4 is 29.0 Å². The van der Waals surface area contributed by atoms with Gasteiger partial charge in [-0.2, -0.15) is 0 Å². The first-order chi connectivity index (χ1) is 7.25. The SMILES string of the molecule is CCCCCCc1ccccc1C(=S)S. The van der Waals surface area contributed by atoms with Gasteiger partial charge in [-0.1, -0.05) is 62.7 Å². The summed E-state index contributed by atoms with van der Waals surface area (Å²) in [5, 5.41) is 0. The molecule has 0 amide bonds. The summed E-state index contributed by atoms with van der Waals surface area (Å²) < 4.78 is 0.709. The van der Waals surface area contributed by atoms with Crippen LogP contribution < -0.4 is 0 Å². The molecule has 1 rings (SSSR count). The maximum atomic E-state index is 5.12. The highest BCUT2D eigenvalue weighted by atomic mass is 32.1. The van der Waals surface area contributed by atoms with E-state index < -0.39 is 0 Å². The van der Waals surface area contributed by atoms with Gasteiger partial charge in [-0.05, 0) is 18.4 Å². The van der Waals surface area contributed by atoms with Crippen molar-refractivity contribution in [1.29, 1.82) is 0 Å². The molecule has 0 aliphatic rings. The Kier molecular flexibility index (Phi) is 5.96. The highest BCUT2D eigenvalue weighted by molar-refractivity contribution is 8.11. The predicted octanol–water partition coefficient (Wildman–Crippen LogP) is 4.41. The van der Waals surface area contributed by atoms with Gasteiger partial charge in [-0.3, -0.25) is 0 Å². The fraction of sp³-hybridized carbons (Fsp3) is 0.462. The largest absolute Gasteiger partial charge is 0.131 e. The van der Waals surface area contributed by atoms with Crippen molar-refractivity contribution in [3.05, 3.63) is 35.4 Å². The van der Waals surface area contributed by atoms with Crippen LogP contribution in [0.2, 0.25) is 0 Å². The number of aryl methyl sites for hydroxylation is 1. The smallest absolute Gasteiger partial charge is 0.0750 e. The van der Waals surface area contributed by atoms with Gasteiger partial charge in [0.05, 0.1) is 4.20 Å². The Morgan fingerprint density at radius 1 is 1.20 bits per heavy atom. The maximum Gasteiger partial charge on any atom is 0.0750 e. The van der Waals surface area contributed by atoms with Gasteiger partial charge in [0.2, 0.25) is 0 Å². The molecule has 1 aromatic carbocycles. The van der Waals surface area contributed by atoms with E-state index in [2.05, 4.69) is 37.8 Å². The van der Waals surface area contributed by atoms with E-state index in [-0.39, 0.29) is 0 Å². The number of thiol groups is 1. The van der Waals surface area contributed by atoms with E-state index >= 15 is 0 Å². The van der Waals surface area contributed by atoms with Crippen LogP contribution in [-0.2, 0) is 6.42 Å². The molecular weight excluding hydrogens is 220 g/mol. The molecule has 0 N–H and O–H groups in total. The number of hydrogen-bond donors (Lipinski definition) is 1. The van der Waals surface area contributed by atoms with Crippen molar-refractivity contribution in [2.75, 3.05) is 0 Å². The molecule has 0 saturated heterocycles. The molecule has 82 valence electrons. The van der Waals surface area contributed by atoms with Gasteiger partial charge in [-0.25, -0.2) is 0 Å². The van der Waals surface area contributed by atoms with Crippen molar-refractivity contribution in [3.8, 4) is 0 Å². The van der Waals surface area contributed by atoms with E-state index in [0.717, 1.165) is 12.0 Å². The third kappa shape index (κ3) is 4.35. The molecule has 0 bridgehead atoms. The number of hydrogen-bond acceptors (Lipinski definition) is 1. The second kappa shape index (κ2) is 7.02. The Bertz CT molecular complexity index is 318. The highest BCUT2D eigenvalue weighted by Crippen LogP contribution is 2.15. The van der Waals surface area contributed by atoms with E-state index in [1.54, 1.807) is 0 Å². The predicted molar refractivity (Wildman–Crippen MR) is 75.0 cm³/mol. The molecule has 0 aromatic heterocycles. The normalized spacial score (nSPS) is 10.3. The zero-order valence-electron chi connectivity index (χ0n) is 9.20. The summed E-state index contributed by atoms with van der Waals surface area (Å²) in [6.45, 7) is 2.23. The second-order valence-corrected chi connectivity index (χ2v) is 4.93. The molecule has 0 spiro atoms. The van der Waals surface area contributed by atoms with Gasteiger partial charge in [0.25, 0.3) is 0 Å². The van der Waals surface area contributed by atoms with Crippen molar-refractivity contribution in [2.45, 2.75) is 39.0 Å². The topological polar surface area (TPSA) is 0 Å². The van der Waals surface area contributed by atoms with E-state index in [1.807, 2.05) is 6.07 Å². The monoisotopic (exact) mass is 238 g/mol. The van der Waals surface area contributed by atoms with Crippen LogP contribution in [0.5, 0.6) is 0 Å². The fourth-order valence-corrected chi connectivity index (χ4v) is 2.11. The van der Waals surface area contributed by atoms with Crippen LogP contribution in [0.25, 0.3) is 0 Å². The van der Waals surface area contributed by atoms with Crippen LogP contribution in [0.1, 0.15) is 43.7 Å². The maximum absolute atomic E-state index is 5.12. The fourth-order valence-electron chi connectivity index (χ4n) is 1.69. The summed E-state index contributed by atoms with van der Waals surface area (Å²) >= 11 is 9.37. The third-order valence-electron chi connectivity index (χ3n) is 2.55. The zero-order valence-corrected chi connectivity index (χ0v) is 10.9. The van der Waals surface area contributed by atoms with Gasteiger partial charge >= 0.3 is 0 Å². The van der Waals surface area contributed by atoms with Crippen LogP contribution in [-0.4, -0.2) is 4.20 Å². The van der Waals surface area contributed by atoms with E-state index in [4.69, 9.17) is 12.2 Å². The Morgan fingerprint density at radius 3 is 2.60 bits per heavy atom. The average molecular weight is 238 g/mol. The van der Waals surface area contributed by atoms with Crippen molar-refractivity contribution in [2.24, 2.45) is 0 Å². The van der Waals surface area contributed by atoms with Crippen molar-refractivity contribution in [1.82, 2.24) is 0 Å². The van der Waals surface area contributed by atoms with Crippen molar-refractivity contribution < 1.29 is 0 Å². The van der Waals surface area contributed by atoms with Gasteiger partial charge < -0.3 is 0 Å². The van der Waals surface area contributed by atoms with Gasteiger partial charge in [0.1, 0.15) is 0 Å². The molecule has 0 saturated carbocycles. The van der Waals surface area contributed by atoms with Crippen LogP contribution in [0.4, 0.5) is 0 Å². The molecule has 0 atom stereocenters. The number of rotatable bonds is 6. The lowest BCUT2D eigenvalue weighted by Gasteiger charge is -2.07. The van der Waals surface area contributed by atoms with Crippen LogP contribution >= 0.6 is 24.8 Å². The standard InChI is InChI=1S/C13H18S2/c1-2-3-4-5-8-11-9-6-7-10-12(11)13(14)15/h6-7,9-10H,2-5,8H2,1H3,(H,14,15). The number of benzene rings is 1. The third-order valence-corrected chi connectivity index (χ3v) is 3.01. The number of unbranched alkanes of at least 4 members (excludes halogenated alkanes) is 3. The summed E-state index contributed by atoms with van der Waals surface area (Å²) in [6, 6.07) is 8.31. The molecule has 0 aliphatic heterocycles. The molecule has 2 heteroatoms. The highest BCUT2D eigenvalue weighted by Gasteiger charge is 2.03. The zero-order chi connectivity index (χ0) is 11.1. The molecular formula is C13H18S2. The van der Waals surface area contributed by atoms with Crippen molar-refractivity contribution in [3.63, 3.8) is 0 Å². The van der Waals surface area contributed by atoms with E-state index in [9.17, 15) is 0 Å². The van der Waals surface area contributed by atoms with Crippen LogP contribution in [0.3, 0.4) is 0 Å². The summed E-state index contributed by atoms with van der Waals surface area (Å²) in [7, 11) is 0. The molecule has 0 heterocycles. The summed E-state index contributed by atoms with van der Waals surface area (Å²) in [6.07, 6.45) is 6.29. The molecule has 0 fully saturated rings. The lowest BCUT2D eigenvalue weighted by molar-refractivity contribution is 0.666. The first-order valence-corrected chi connectivity index (χ1v) is 6.42. The Labute approximate surface area is 103 Å². The summed E-state index contributed by atoms with van der Waals surface area (Å²) in [5.41, 5.74) is 2.47. The second-order valence-electron chi connectivity index (χ2n) is 3.77. The molecule has 0 nitrogen and oxygen atoms in total. The van der Waals surface area contributed by atoms with Crippen LogP contribution in [0, 0.1) is 0 Å². The minimum Gasteiger partial charge on any atom is -0.131 e. The van der Waals surface area contributed by atoms with Crippen LogP contribution in [0.15, 0.2) is 24.3 Å². The summed E-state index contributed by atoms with van der Waals surface area (Å²) in [4.78, 5) is 0. The lowest BCUT2D eigenvalue weighted by atomic mass is 10.0. The summed E-state index contributed by atoms with van der Waals surface area (Å²) in [5.74, 6) is 0. The first kappa shape index (κ1) is 12.7. The Balaban J connectivity index is 2.56. The van der Waals surface area contributed by atoms with Gasteiger partial charge in [-0.15, -0.1) is 12.6 Å². The molecule has 1 aromatic rings. The van der Waals surface area contributed by atoms with E-state index in [0.29, 0.717) is 4.20 Å². The molecule has 15 heavy (non-hydrogen) atoms. The molecule has 0 unspecified atom stereocenters. The van der Waals surface area contributed by atoms with Gasteiger partial charge in [0.15, 0.2) is 0 Å². The minimum absolute atomic E-state index is 0.709. The van der Waals surface area contributed by atoms with Gasteiger partial charge in [0, 0.05) is 5.56 Å². The molecule has 0 radical (unpaired) electrons. The average Bonchev–Trinajstić information content (AvgIpc) is 2.25. The van der Waals surface area contributed by atoms with E-state index in [1.165, 1.54) is 31.2 Å². The lowest BCUT2D eigenvalue weighted by Crippen LogP contribution is -1.96. The quantitative estimate of drug-likeness (QED) is 0.435. The molecule has 0 aliphatic carbocycles. The first-order valence-electron chi connectivity index (χ1n) is 5.57.